The number of methoxy groups -OCH3 is 1. The number of carbonyl (C=O) groups is 1. The number of rotatable bonds is 2. The van der Waals surface area contributed by atoms with Crippen molar-refractivity contribution in [3.63, 3.8) is 0 Å². The summed E-state index contributed by atoms with van der Waals surface area (Å²) in [6.07, 6.45) is 2.29. The van der Waals surface area contributed by atoms with Crippen LogP contribution >= 0.6 is 0 Å². The number of ether oxygens (including phenoxy) is 1. The van der Waals surface area contributed by atoms with E-state index in [1.807, 2.05) is 48.5 Å². The number of nitriles is 1. The van der Waals surface area contributed by atoms with E-state index in [0.29, 0.717) is 12.0 Å². The molecule has 0 heterocycles. The summed E-state index contributed by atoms with van der Waals surface area (Å²) in [4.78, 5) is 13.1. The Morgan fingerprint density at radius 3 is 2.46 bits per heavy atom. The second-order valence-electron chi connectivity index (χ2n) is 6.33. The van der Waals surface area contributed by atoms with E-state index in [1.54, 1.807) is 7.11 Å². The van der Waals surface area contributed by atoms with Gasteiger partial charge in [0, 0.05) is 5.56 Å². The first kappa shape index (κ1) is 14.7. The van der Waals surface area contributed by atoms with Crippen molar-refractivity contribution in [2.45, 2.75) is 19.3 Å². The number of Topliss-reactive ketones (excluding diaryl/α,β-unsaturated/α-hetero) is 1. The number of nitrogens with zero attached hydrogens (tertiary/aromatic N) is 1. The van der Waals surface area contributed by atoms with E-state index >= 15 is 0 Å². The lowest BCUT2D eigenvalue weighted by molar-refractivity contribution is 0.0893. The van der Waals surface area contributed by atoms with E-state index in [1.165, 1.54) is 0 Å². The molecule has 1 atom stereocenters. The topological polar surface area (TPSA) is 50.1 Å². The van der Waals surface area contributed by atoms with Gasteiger partial charge in [0.15, 0.2) is 5.78 Å². The Hall–Kier alpha value is -2.86. The summed E-state index contributed by atoms with van der Waals surface area (Å²) < 4.78 is 5.25. The third-order valence-corrected chi connectivity index (χ3v) is 5.19. The van der Waals surface area contributed by atoms with Crippen LogP contribution in [0.4, 0.5) is 0 Å². The van der Waals surface area contributed by atoms with Crippen LogP contribution in [0.3, 0.4) is 0 Å². The molecular formula is C21H17NO2. The normalized spacial score (nSPS) is 21.9. The lowest BCUT2D eigenvalue weighted by Crippen LogP contribution is -2.33. The highest BCUT2D eigenvalue weighted by Gasteiger charge is 2.50. The zero-order valence-electron chi connectivity index (χ0n) is 13.5. The van der Waals surface area contributed by atoms with Crippen molar-refractivity contribution in [2.75, 3.05) is 7.11 Å². The lowest BCUT2D eigenvalue weighted by Gasteiger charge is -2.31. The molecule has 4 rings (SSSR count). The van der Waals surface area contributed by atoms with Gasteiger partial charge in [0.2, 0.25) is 0 Å². The highest BCUT2D eigenvalue weighted by atomic mass is 16.5. The van der Waals surface area contributed by atoms with Gasteiger partial charge >= 0.3 is 0 Å². The zero-order chi connectivity index (χ0) is 16.7. The molecule has 0 N–H and O–H groups in total. The van der Waals surface area contributed by atoms with Gasteiger partial charge < -0.3 is 4.74 Å². The molecule has 0 radical (unpaired) electrons. The van der Waals surface area contributed by atoms with Gasteiger partial charge in [-0.05, 0) is 53.7 Å². The van der Waals surface area contributed by atoms with E-state index in [4.69, 9.17) is 4.74 Å². The summed E-state index contributed by atoms with van der Waals surface area (Å²) in [6.45, 7) is 0. The van der Waals surface area contributed by atoms with Crippen LogP contribution in [0.2, 0.25) is 0 Å². The average molecular weight is 315 g/mol. The van der Waals surface area contributed by atoms with Gasteiger partial charge in [-0.25, -0.2) is 0 Å². The molecule has 3 heteroatoms. The third kappa shape index (κ3) is 1.86. The highest BCUT2D eigenvalue weighted by Crippen LogP contribution is 2.53. The SMILES string of the molecule is COc1ccc(C2=C3CCCC3(C#N)C(=O)c3ccccc32)cc1. The molecule has 1 fully saturated rings. The molecule has 0 saturated heterocycles. The fourth-order valence-corrected chi connectivity index (χ4v) is 4.04. The molecule has 2 aliphatic rings. The van der Waals surface area contributed by atoms with Crippen molar-refractivity contribution in [1.82, 2.24) is 0 Å². The van der Waals surface area contributed by atoms with Crippen LogP contribution in [0.15, 0.2) is 54.1 Å². The number of ketones is 1. The van der Waals surface area contributed by atoms with E-state index in [2.05, 4.69) is 6.07 Å². The molecule has 24 heavy (non-hydrogen) atoms. The van der Waals surface area contributed by atoms with Crippen molar-refractivity contribution in [1.29, 1.82) is 5.26 Å². The molecule has 0 spiro atoms. The summed E-state index contributed by atoms with van der Waals surface area (Å²) in [5.74, 6) is 0.757. The average Bonchev–Trinajstić information content (AvgIpc) is 3.08. The minimum atomic E-state index is -0.983. The molecule has 2 aliphatic carbocycles. The quantitative estimate of drug-likeness (QED) is 0.826. The molecule has 0 amide bonds. The fraction of sp³-hybridized carbons (Fsp3) is 0.238. The lowest BCUT2D eigenvalue weighted by atomic mass is 9.68. The Labute approximate surface area is 141 Å². The summed E-state index contributed by atoms with van der Waals surface area (Å²) in [7, 11) is 1.64. The molecule has 0 aliphatic heterocycles. The number of hydrogen-bond acceptors (Lipinski definition) is 3. The molecule has 118 valence electrons. The zero-order valence-corrected chi connectivity index (χ0v) is 13.5. The van der Waals surface area contributed by atoms with E-state index < -0.39 is 5.41 Å². The van der Waals surface area contributed by atoms with Gasteiger partial charge in [0.05, 0.1) is 13.2 Å². The molecule has 2 aromatic carbocycles. The summed E-state index contributed by atoms with van der Waals surface area (Å²) in [5.41, 5.74) is 3.69. The maximum atomic E-state index is 13.1. The van der Waals surface area contributed by atoms with Crippen molar-refractivity contribution in [2.24, 2.45) is 5.41 Å². The molecule has 0 bridgehead atoms. The molecule has 2 aromatic rings. The maximum Gasteiger partial charge on any atom is 0.187 e. The molecule has 1 saturated carbocycles. The van der Waals surface area contributed by atoms with Crippen LogP contribution in [-0.4, -0.2) is 12.9 Å². The monoisotopic (exact) mass is 315 g/mol. The smallest absolute Gasteiger partial charge is 0.187 e. The van der Waals surface area contributed by atoms with Gasteiger partial charge in [-0.2, -0.15) is 5.26 Å². The Kier molecular flexibility index (Phi) is 3.28. The van der Waals surface area contributed by atoms with Crippen LogP contribution < -0.4 is 4.74 Å². The van der Waals surface area contributed by atoms with Crippen molar-refractivity contribution < 1.29 is 9.53 Å². The van der Waals surface area contributed by atoms with Crippen molar-refractivity contribution >= 4 is 11.4 Å². The van der Waals surface area contributed by atoms with Crippen LogP contribution in [-0.2, 0) is 0 Å². The number of benzene rings is 2. The number of carbonyl (C=O) groups excluding carboxylic acids is 1. The summed E-state index contributed by atoms with van der Waals surface area (Å²) in [5, 5.41) is 9.87. The first-order valence-corrected chi connectivity index (χ1v) is 8.15. The van der Waals surface area contributed by atoms with Gasteiger partial charge in [0.1, 0.15) is 11.2 Å². The van der Waals surface area contributed by atoms with Gasteiger partial charge in [0.25, 0.3) is 0 Å². The Balaban J connectivity index is 2.02. The molecule has 1 unspecified atom stereocenters. The van der Waals surface area contributed by atoms with Gasteiger partial charge in [-0.15, -0.1) is 0 Å². The second-order valence-corrected chi connectivity index (χ2v) is 6.33. The summed E-state index contributed by atoms with van der Waals surface area (Å²) >= 11 is 0. The highest BCUT2D eigenvalue weighted by molar-refractivity contribution is 6.13. The number of hydrogen-bond donors (Lipinski definition) is 0. The Morgan fingerprint density at radius 1 is 1.08 bits per heavy atom. The number of allylic oxidation sites excluding steroid dienone is 1. The maximum absolute atomic E-state index is 13.1. The predicted octanol–water partition coefficient (Wildman–Crippen LogP) is 4.39. The number of fused-ring (bicyclic) bond motifs is 2. The van der Waals surface area contributed by atoms with Crippen LogP contribution in [0.1, 0.15) is 40.7 Å². The van der Waals surface area contributed by atoms with Crippen molar-refractivity contribution in [3.05, 3.63) is 70.8 Å². The van der Waals surface area contributed by atoms with E-state index in [9.17, 15) is 10.1 Å². The van der Waals surface area contributed by atoms with Crippen LogP contribution in [0.5, 0.6) is 5.75 Å². The summed E-state index contributed by atoms with van der Waals surface area (Å²) in [6, 6.07) is 17.9. The first-order chi connectivity index (χ1) is 11.7. The predicted molar refractivity (Wildman–Crippen MR) is 91.7 cm³/mol. The Bertz CT molecular complexity index is 902. The van der Waals surface area contributed by atoms with E-state index in [-0.39, 0.29) is 5.78 Å². The second kappa shape index (κ2) is 5.35. The van der Waals surface area contributed by atoms with Crippen molar-refractivity contribution in [3.8, 4) is 11.8 Å². The molecule has 3 nitrogen and oxygen atoms in total. The standard InChI is InChI=1S/C21H17NO2/c1-24-15-10-8-14(9-11-15)19-16-5-2-3-6-17(16)20(23)21(13-22)12-4-7-18(19)21/h2-3,5-6,8-11H,4,7,12H2,1H3. The largest absolute Gasteiger partial charge is 0.497 e. The van der Waals surface area contributed by atoms with Gasteiger partial charge in [-0.3, -0.25) is 4.79 Å². The van der Waals surface area contributed by atoms with Crippen LogP contribution in [0, 0.1) is 16.7 Å². The molecule has 0 aromatic heterocycles. The fourth-order valence-electron chi connectivity index (χ4n) is 4.04. The first-order valence-electron chi connectivity index (χ1n) is 8.15. The minimum absolute atomic E-state index is 0.0367. The Morgan fingerprint density at radius 2 is 1.79 bits per heavy atom. The molecular weight excluding hydrogens is 298 g/mol. The minimum Gasteiger partial charge on any atom is -0.497 e. The van der Waals surface area contributed by atoms with Crippen LogP contribution in [0.25, 0.3) is 5.57 Å². The van der Waals surface area contributed by atoms with E-state index in [0.717, 1.165) is 40.9 Å². The third-order valence-electron chi connectivity index (χ3n) is 5.19. The van der Waals surface area contributed by atoms with Gasteiger partial charge in [-0.1, -0.05) is 36.4 Å².